The highest BCUT2D eigenvalue weighted by molar-refractivity contribution is 7.16. The predicted molar refractivity (Wildman–Crippen MR) is 84.2 cm³/mol. The van der Waals surface area contributed by atoms with E-state index in [0.29, 0.717) is 31.9 Å². The third-order valence-electron chi connectivity index (χ3n) is 3.31. The Bertz CT molecular complexity index is 688. The molecule has 8 heteroatoms. The number of carbonyl (C=O) groups is 2. The van der Waals surface area contributed by atoms with Crippen LogP contribution in [0, 0.1) is 0 Å². The van der Waals surface area contributed by atoms with E-state index in [4.69, 9.17) is 4.74 Å². The van der Waals surface area contributed by atoms with Crippen LogP contribution < -0.4 is 10.6 Å². The molecule has 0 atom stereocenters. The number of nitrogens with zero attached hydrogens (tertiary/aromatic N) is 2. The number of ether oxygens (including phenoxy) is 1. The molecule has 1 aliphatic rings. The first-order chi connectivity index (χ1) is 10.7. The Hall–Kier alpha value is -2.35. The summed E-state index contributed by atoms with van der Waals surface area (Å²) in [6, 6.07) is 5.28. The highest BCUT2D eigenvalue weighted by Crippen LogP contribution is 2.21. The Kier molecular flexibility index (Phi) is 4.38. The van der Waals surface area contributed by atoms with E-state index in [1.807, 2.05) is 18.2 Å². The molecule has 3 rings (SSSR count). The Morgan fingerprint density at radius 3 is 3.23 bits per heavy atom. The van der Waals surface area contributed by atoms with Crippen molar-refractivity contribution >= 4 is 39.4 Å². The van der Waals surface area contributed by atoms with E-state index in [9.17, 15) is 9.59 Å². The first-order valence-corrected chi connectivity index (χ1v) is 7.90. The zero-order chi connectivity index (χ0) is 15.4. The van der Waals surface area contributed by atoms with Crippen molar-refractivity contribution in [3.8, 4) is 0 Å². The molecule has 22 heavy (non-hydrogen) atoms. The van der Waals surface area contributed by atoms with E-state index in [2.05, 4.69) is 15.6 Å². The quantitative estimate of drug-likeness (QED) is 0.905. The molecule has 0 unspecified atom stereocenters. The lowest BCUT2D eigenvalue weighted by Crippen LogP contribution is -2.43. The third kappa shape index (κ3) is 3.45. The monoisotopic (exact) mass is 320 g/mol. The van der Waals surface area contributed by atoms with Crippen molar-refractivity contribution < 1.29 is 14.3 Å². The summed E-state index contributed by atoms with van der Waals surface area (Å²) >= 11 is 1.56. The number of hydrogen-bond donors (Lipinski definition) is 2. The fourth-order valence-electron chi connectivity index (χ4n) is 2.22. The average molecular weight is 320 g/mol. The Morgan fingerprint density at radius 1 is 1.45 bits per heavy atom. The van der Waals surface area contributed by atoms with Crippen molar-refractivity contribution in [1.82, 2.24) is 15.2 Å². The number of fused-ring (bicyclic) bond motifs is 1. The number of carbonyl (C=O) groups excluding carboxylic acids is 2. The fourth-order valence-corrected chi connectivity index (χ4v) is 2.87. The van der Waals surface area contributed by atoms with E-state index >= 15 is 0 Å². The lowest BCUT2D eigenvalue weighted by Gasteiger charge is -2.26. The first kappa shape index (κ1) is 14.6. The van der Waals surface area contributed by atoms with Gasteiger partial charge in [0.15, 0.2) is 0 Å². The second-order valence-corrected chi connectivity index (χ2v) is 5.76. The van der Waals surface area contributed by atoms with E-state index in [1.54, 1.807) is 21.7 Å². The van der Waals surface area contributed by atoms with Gasteiger partial charge in [0.2, 0.25) is 0 Å². The number of urea groups is 1. The largest absolute Gasteiger partial charge is 0.449 e. The minimum atomic E-state index is -0.317. The summed E-state index contributed by atoms with van der Waals surface area (Å²) in [6.07, 6.45) is 0.508. The SMILES string of the molecule is O=C(NCCN1CCCOC1=O)Nc1ccc2scnc2c1. The Balaban J connectivity index is 1.46. The molecule has 1 aromatic carbocycles. The van der Waals surface area contributed by atoms with Gasteiger partial charge in [0.1, 0.15) is 0 Å². The van der Waals surface area contributed by atoms with Crippen molar-refractivity contribution in [1.29, 1.82) is 0 Å². The van der Waals surface area contributed by atoms with Gasteiger partial charge in [0.05, 0.1) is 22.3 Å². The van der Waals surface area contributed by atoms with E-state index in [0.717, 1.165) is 16.6 Å². The van der Waals surface area contributed by atoms with Crippen LogP contribution >= 0.6 is 11.3 Å². The topological polar surface area (TPSA) is 83.6 Å². The van der Waals surface area contributed by atoms with Gasteiger partial charge >= 0.3 is 12.1 Å². The van der Waals surface area contributed by atoms with Crippen molar-refractivity contribution in [3.63, 3.8) is 0 Å². The molecule has 7 nitrogen and oxygen atoms in total. The number of aromatic nitrogens is 1. The van der Waals surface area contributed by atoms with Crippen LogP contribution in [0.3, 0.4) is 0 Å². The van der Waals surface area contributed by atoms with Gasteiger partial charge in [-0.25, -0.2) is 14.6 Å². The van der Waals surface area contributed by atoms with Crippen molar-refractivity contribution in [2.24, 2.45) is 0 Å². The van der Waals surface area contributed by atoms with Crippen LogP contribution in [-0.2, 0) is 4.74 Å². The number of hydrogen-bond acceptors (Lipinski definition) is 5. The number of nitrogens with one attached hydrogen (secondary N) is 2. The summed E-state index contributed by atoms with van der Waals surface area (Å²) in [5.41, 5.74) is 3.32. The summed E-state index contributed by atoms with van der Waals surface area (Å²) in [5, 5.41) is 5.48. The molecule has 0 bridgehead atoms. The van der Waals surface area contributed by atoms with Crippen LogP contribution in [0.2, 0.25) is 0 Å². The second kappa shape index (κ2) is 6.61. The Morgan fingerprint density at radius 2 is 2.36 bits per heavy atom. The van der Waals surface area contributed by atoms with Gasteiger partial charge in [-0.3, -0.25) is 0 Å². The molecule has 1 aromatic heterocycles. The van der Waals surface area contributed by atoms with Gasteiger partial charge in [-0.05, 0) is 24.6 Å². The van der Waals surface area contributed by atoms with Crippen molar-refractivity contribution in [2.75, 3.05) is 31.6 Å². The van der Waals surface area contributed by atoms with Crippen molar-refractivity contribution in [2.45, 2.75) is 6.42 Å². The zero-order valence-corrected chi connectivity index (χ0v) is 12.7. The molecule has 0 saturated carbocycles. The number of rotatable bonds is 4. The molecule has 2 N–H and O–H groups in total. The van der Waals surface area contributed by atoms with Gasteiger partial charge in [0, 0.05) is 25.3 Å². The summed E-state index contributed by atoms with van der Waals surface area (Å²) in [5.74, 6) is 0. The number of anilines is 1. The Labute approximate surface area is 131 Å². The highest BCUT2D eigenvalue weighted by atomic mass is 32.1. The van der Waals surface area contributed by atoms with Gasteiger partial charge < -0.3 is 20.3 Å². The molecular formula is C14H16N4O3S. The highest BCUT2D eigenvalue weighted by Gasteiger charge is 2.18. The summed E-state index contributed by atoms with van der Waals surface area (Å²) < 4.78 is 6.01. The molecule has 0 radical (unpaired) electrons. The number of cyclic esters (lactones) is 1. The first-order valence-electron chi connectivity index (χ1n) is 7.02. The van der Waals surface area contributed by atoms with Crippen LogP contribution in [0.5, 0.6) is 0 Å². The molecule has 1 fully saturated rings. The smallest absolute Gasteiger partial charge is 0.409 e. The zero-order valence-electron chi connectivity index (χ0n) is 11.9. The maximum absolute atomic E-state index is 11.8. The summed E-state index contributed by atoms with van der Waals surface area (Å²) in [4.78, 5) is 29.1. The number of benzene rings is 1. The normalized spacial score (nSPS) is 14.7. The maximum atomic E-state index is 11.8. The van der Waals surface area contributed by atoms with E-state index in [-0.39, 0.29) is 12.1 Å². The molecule has 2 heterocycles. The minimum Gasteiger partial charge on any atom is -0.449 e. The average Bonchev–Trinajstić information content (AvgIpc) is 2.97. The predicted octanol–water partition coefficient (Wildman–Crippen LogP) is 2.26. The van der Waals surface area contributed by atoms with Gasteiger partial charge in [-0.2, -0.15) is 0 Å². The lowest BCUT2D eigenvalue weighted by atomic mass is 10.3. The van der Waals surface area contributed by atoms with Crippen LogP contribution in [0.1, 0.15) is 6.42 Å². The lowest BCUT2D eigenvalue weighted by molar-refractivity contribution is 0.0736. The van der Waals surface area contributed by atoms with Crippen LogP contribution in [0.15, 0.2) is 23.7 Å². The number of thiazole rings is 1. The van der Waals surface area contributed by atoms with E-state index < -0.39 is 0 Å². The molecule has 1 aliphatic heterocycles. The molecule has 2 aromatic rings. The summed E-state index contributed by atoms with van der Waals surface area (Å²) in [6.45, 7) is 1.96. The minimum absolute atomic E-state index is 0.306. The van der Waals surface area contributed by atoms with Crippen LogP contribution in [-0.4, -0.2) is 48.2 Å². The maximum Gasteiger partial charge on any atom is 0.409 e. The third-order valence-corrected chi connectivity index (χ3v) is 4.12. The van der Waals surface area contributed by atoms with Crippen LogP contribution in [0.4, 0.5) is 15.3 Å². The molecule has 3 amide bonds. The second-order valence-electron chi connectivity index (χ2n) is 4.87. The fraction of sp³-hybridized carbons (Fsp3) is 0.357. The number of amides is 3. The molecule has 0 spiro atoms. The van der Waals surface area contributed by atoms with Crippen LogP contribution in [0.25, 0.3) is 10.2 Å². The molecule has 116 valence electrons. The van der Waals surface area contributed by atoms with E-state index in [1.165, 1.54) is 0 Å². The van der Waals surface area contributed by atoms with Crippen molar-refractivity contribution in [3.05, 3.63) is 23.7 Å². The molecule has 0 aliphatic carbocycles. The standard InChI is InChI=1S/C14H16N4O3S/c19-13(15-4-6-18-5-1-7-21-14(18)20)17-10-2-3-12-11(8-10)16-9-22-12/h2-3,8-9H,1,4-7H2,(H2,15,17,19). The van der Waals surface area contributed by atoms with Gasteiger partial charge in [-0.15, -0.1) is 11.3 Å². The summed E-state index contributed by atoms with van der Waals surface area (Å²) in [7, 11) is 0. The van der Waals surface area contributed by atoms with Gasteiger partial charge in [0.25, 0.3) is 0 Å². The molecule has 1 saturated heterocycles. The van der Waals surface area contributed by atoms with Gasteiger partial charge in [-0.1, -0.05) is 0 Å². The molecular weight excluding hydrogens is 304 g/mol.